The molecule has 0 aliphatic carbocycles. The molecule has 0 bridgehead atoms. The second kappa shape index (κ2) is 5.14. The quantitative estimate of drug-likeness (QED) is 0.818. The summed E-state index contributed by atoms with van der Waals surface area (Å²) in [6.07, 6.45) is 1.78. The Morgan fingerprint density at radius 1 is 1.54 bits per heavy atom. The number of carbonyl (C=O) groups is 1. The molecule has 0 aliphatic rings. The summed E-state index contributed by atoms with van der Waals surface area (Å²) in [4.78, 5) is 10.7. The van der Waals surface area contributed by atoms with E-state index in [-0.39, 0.29) is 0 Å². The maximum atomic E-state index is 10.7. The van der Waals surface area contributed by atoms with Gasteiger partial charge in [0.1, 0.15) is 6.29 Å². The first-order valence-corrected chi connectivity index (χ1v) is 4.95. The summed E-state index contributed by atoms with van der Waals surface area (Å²) < 4.78 is 1.02. The Labute approximate surface area is 86.5 Å². The van der Waals surface area contributed by atoms with Gasteiger partial charge in [-0.25, -0.2) is 0 Å². The molecule has 0 spiro atoms. The van der Waals surface area contributed by atoms with E-state index in [2.05, 4.69) is 21.2 Å². The van der Waals surface area contributed by atoms with Crippen LogP contribution >= 0.6 is 15.9 Å². The van der Waals surface area contributed by atoms with E-state index < -0.39 is 0 Å². The monoisotopic (exact) mass is 241 g/mol. The van der Waals surface area contributed by atoms with Gasteiger partial charge in [0, 0.05) is 10.0 Å². The first-order chi connectivity index (χ1) is 6.27. The van der Waals surface area contributed by atoms with Gasteiger partial charge in [-0.1, -0.05) is 22.0 Å². The smallest absolute Gasteiger partial charge is 0.150 e. The first-order valence-electron chi connectivity index (χ1n) is 4.16. The predicted molar refractivity (Wildman–Crippen MR) is 57.2 cm³/mol. The molecule has 0 amide bonds. The van der Waals surface area contributed by atoms with Crippen molar-refractivity contribution in [2.75, 3.05) is 13.6 Å². The standard InChI is InChI=1S/C10H12BrNO/c1-12-5-4-8-6-10(11)3-2-9(8)7-13/h2-3,6-7,12H,4-5H2,1H3. The maximum Gasteiger partial charge on any atom is 0.150 e. The number of rotatable bonds is 4. The summed E-state index contributed by atoms with van der Waals surface area (Å²) >= 11 is 3.38. The predicted octanol–water partition coefficient (Wildman–Crippen LogP) is 2.02. The number of nitrogens with one attached hydrogen (secondary N) is 1. The van der Waals surface area contributed by atoms with Gasteiger partial charge in [-0.2, -0.15) is 0 Å². The molecule has 70 valence electrons. The lowest BCUT2D eigenvalue weighted by atomic mass is 10.1. The SMILES string of the molecule is CNCCc1cc(Br)ccc1C=O. The Balaban J connectivity index is 2.87. The molecule has 1 aromatic carbocycles. The minimum Gasteiger partial charge on any atom is -0.319 e. The van der Waals surface area contributed by atoms with Crippen molar-refractivity contribution in [1.29, 1.82) is 0 Å². The largest absolute Gasteiger partial charge is 0.319 e. The van der Waals surface area contributed by atoms with Crippen LogP contribution in [0.5, 0.6) is 0 Å². The summed E-state index contributed by atoms with van der Waals surface area (Å²) in [5.74, 6) is 0. The molecule has 1 aromatic rings. The Morgan fingerprint density at radius 2 is 2.31 bits per heavy atom. The van der Waals surface area contributed by atoms with Gasteiger partial charge in [0.15, 0.2) is 0 Å². The zero-order valence-electron chi connectivity index (χ0n) is 7.51. The van der Waals surface area contributed by atoms with Gasteiger partial charge < -0.3 is 5.32 Å². The van der Waals surface area contributed by atoms with Crippen molar-refractivity contribution < 1.29 is 4.79 Å². The second-order valence-electron chi connectivity index (χ2n) is 2.81. The number of benzene rings is 1. The van der Waals surface area contributed by atoms with Crippen molar-refractivity contribution in [3.8, 4) is 0 Å². The molecule has 0 radical (unpaired) electrons. The van der Waals surface area contributed by atoms with Crippen molar-refractivity contribution in [2.45, 2.75) is 6.42 Å². The van der Waals surface area contributed by atoms with Gasteiger partial charge in [-0.15, -0.1) is 0 Å². The van der Waals surface area contributed by atoms with Gasteiger partial charge in [-0.05, 0) is 37.7 Å². The third-order valence-corrected chi connectivity index (χ3v) is 2.37. The number of carbonyl (C=O) groups excluding carboxylic acids is 1. The highest BCUT2D eigenvalue weighted by Gasteiger charge is 2.01. The average molecular weight is 242 g/mol. The Morgan fingerprint density at radius 3 is 2.92 bits per heavy atom. The first kappa shape index (κ1) is 10.4. The Kier molecular flexibility index (Phi) is 4.12. The molecule has 1 rings (SSSR count). The third-order valence-electron chi connectivity index (χ3n) is 1.88. The highest BCUT2D eigenvalue weighted by molar-refractivity contribution is 9.10. The topological polar surface area (TPSA) is 29.1 Å². The van der Waals surface area contributed by atoms with E-state index in [1.165, 1.54) is 0 Å². The minimum atomic E-state index is 0.776. The lowest BCUT2D eigenvalue weighted by molar-refractivity contribution is 0.112. The van der Waals surface area contributed by atoms with E-state index >= 15 is 0 Å². The molecular formula is C10H12BrNO. The van der Waals surface area contributed by atoms with Crippen LogP contribution in [0.2, 0.25) is 0 Å². The van der Waals surface area contributed by atoms with Crippen LogP contribution in [0, 0.1) is 0 Å². The van der Waals surface area contributed by atoms with Crippen molar-refractivity contribution in [3.63, 3.8) is 0 Å². The van der Waals surface area contributed by atoms with Crippen molar-refractivity contribution in [3.05, 3.63) is 33.8 Å². The van der Waals surface area contributed by atoms with Gasteiger partial charge in [0.25, 0.3) is 0 Å². The molecule has 0 aromatic heterocycles. The molecule has 2 nitrogen and oxygen atoms in total. The lowest BCUT2D eigenvalue weighted by Gasteiger charge is -2.04. The summed E-state index contributed by atoms with van der Waals surface area (Å²) in [6, 6.07) is 5.70. The van der Waals surface area contributed by atoms with E-state index in [0.717, 1.165) is 34.9 Å². The molecule has 13 heavy (non-hydrogen) atoms. The van der Waals surface area contributed by atoms with Crippen LogP contribution in [0.4, 0.5) is 0 Å². The number of halogens is 1. The maximum absolute atomic E-state index is 10.7. The zero-order valence-corrected chi connectivity index (χ0v) is 9.10. The highest BCUT2D eigenvalue weighted by Crippen LogP contribution is 2.15. The van der Waals surface area contributed by atoms with E-state index in [9.17, 15) is 4.79 Å². The van der Waals surface area contributed by atoms with Crippen molar-refractivity contribution in [1.82, 2.24) is 5.32 Å². The third kappa shape index (κ3) is 2.94. The summed E-state index contributed by atoms with van der Waals surface area (Å²) in [5.41, 5.74) is 1.86. The van der Waals surface area contributed by atoms with Crippen molar-refractivity contribution in [2.24, 2.45) is 0 Å². The molecule has 1 N–H and O–H groups in total. The molecule has 0 aliphatic heterocycles. The number of hydrogen-bond donors (Lipinski definition) is 1. The Hall–Kier alpha value is -0.670. The van der Waals surface area contributed by atoms with Crippen LogP contribution in [0.25, 0.3) is 0 Å². The van der Waals surface area contributed by atoms with Crippen LogP contribution in [-0.4, -0.2) is 19.9 Å². The fourth-order valence-corrected chi connectivity index (χ4v) is 1.57. The number of aldehydes is 1. The molecule has 3 heteroatoms. The Bertz CT molecular complexity index is 299. The van der Waals surface area contributed by atoms with Gasteiger partial charge >= 0.3 is 0 Å². The van der Waals surface area contributed by atoms with Crippen LogP contribution in [0.15, 0.2) is 22.7 Å². The van der Waals surface area contributed by atoms with Crippen LogP contribution in [0.1, 0.15) is 15.9 Å². The highest BCUT2D eigenvalue weighted by atomic mass is 79.9. The van der Waals surface area contributed by atoms with Gasteiger partial charge in [0.05, 0.1) is 0 Å². The second-order valence-corrected chi connectivity index (χ2v) is 3.73. The summed E-state index contributed by atoms with van der Waals surface area (Å²) in [5, 5.41) is 3.06. The zero-order chi connectivity index (χ0) is 9.68. The molecule has 0 saturated heterocycles. The number of likely N-dealkylation sites (N-methyl/N-ethyl adjacent to an activating group) is 1. The normalized spacial score (nSPS) is 10.0. The van der Waals surface area contributed by atoms with Crippen LogP contribution in [-0.2, 0) is 6.42 Å². The average Bonchev–Trinajstić information content (AvgIpc) is 2.15. The van der Waals surface area contributed by atoms with Crippen LogP contribution in [0.3, 0.4) is 0 Å². The van der Waals surface area contributed by atoms with Gasteiger partial charge in [0.2, 0.25) is 0 Å². The molecule has 0 heterocycles. The van der Waals surface area contributed by atoms with Gasteiger partial charge in [-0.3, -0.25) is 4.79 Å². The lowest BCUT2D eigenvalue weighted by Crippen LogP contribution is -2.11. The molecular weight excluding hydrogens is 230 g/mol. The summed E-state index contributed by atoms with van der Waals surface area (Å²) in [6.45, 7) is 0.886. The number of hydrogen-bond acceptors (Lipinski definition) is 2. The molecule has 0 unspecified atom stereocenters. The molecule has 0 saturated carbocycles. The van der Waals surface area contributed by atoms with E-state index in [4.69, 9.17) is 0 Å². The minimum absolute atomic E-state index is 0.776. The van der Waals surface area contributed by atoms with Crippen LogP contribution < -0.4 is 5.32 Å². The fourth-order valence-electron chi connectivity index (χ4n) is 1.17. The fraction of sp³-hybridized carbons (Fsp3) is 0.300. The van der Waals surface area contributed by atoms with E-state index in [1.807, 2.05) is 25.2 Å². The van der Waals surface area contributed by atoms with E-state index in [0.29, 0.717) is 0 Å². The van der Waals surface area contributed by atoms with E-state index in [1.54, 1.807) is 0 Å². The summed E-state index contributed by atoms with van der Waals surface area (Å²) in [7, 11) is 1.90. The van der Waals surface area contributed by atoms with Crippen molar-refractivity contribution >= 4 is 22.2 Å². The molecule has 0 fully saturated rings. The molecule has 0 atom stereocenters.